The minimum Gasteiger partial charge on any atom is -0.397 e. The number of nitrogen functional groups attached to an aromatic ring is 1. The summed E-state index contributed by atoms with van der Waals surface area (Å²) in [5.74, 6) is 1.49. The van der Waals surface area contributed by atoms with E-state index in [1.165, 1.54) is 38.0 Å². The van der Waals surface area contributed by atoms with Crippen molar-refractivity contribution in [1.29, 1.82) is 0 Å². The van der Waals surface area contributed by atoms with E-state index in [1.54, 1.807) is 12.1 Å². The SMILES string of the molecule is CC1CCCC(CNc2ccc(S(C)(=O)=O)cc2N)C1. The second kappa shape index (κ2) is 6.04. The van der Waals surface area contributed by atoms with Crippen molar-refractivity contribution in [2.75, 3.05) is 23.9 Å². The zero-order valence-electron chi connectivity index (χ0n) is 12.2. The first kappa shape index (κ1) is 15.2. The zero-order chi connectivity index (χ0) is 14.8. The Morgan fingerprint density at radius 3 is 2.70 bits per heavy atom. The first-order chi connectivity index (χ1) is 9.36. The molecule has 1 saturated carbocycles. The highest BCUT2D eigenvalue weighted by atomic mass is 32.2. The van der Waals surface area contributed by atoms with Gasteiger partial charge in [-0.05, 0) is 42.9 Å². The van der Waals surface area contributed by atoms with E-state index in [0.717, 1.165) is 18.2 Å². The molecule has 2 rings (SSSR count). The van der Waals surface area contributed by atoms with Crippen molar-refractivity contribution in [3.8, 4) is 0 Å². The van der Waals surface area contributed by atoms with Gasteiger partial charge < -0.3 is 11.1 Å². The van der Waals surface area contributed by atoms with E-state index in [9.17, 15) is 8.42 Å². The van der Waals surface area contributed by atoms with E-state index >= 15 is 0 Å². The average molecular weight is 296 g/mol. The monoisotopic (exact) mass is 296 g/mol. The van der Waals surface area contributed by atoms with Crippen LogP contribution in [0.3, 0.4) is 0 Å². The minimum absolute atomic E-state index is 0.270. The molecule has 0 saturated heterocycles. The molecule has 1 aliphatic rings. The van der Waals surface area contributed by atoms with Gasteiger partial charge in [0.2, 0.25) is 0 Å². The van der Waals surface area contributed by atoms with Crippen LogP contribution in [0.1, 0.15) is 32.6 Å². The van der Waals surface area contributed by atoms with Gasteiger partial charge in [0.25, 0.3) is 0 Å². The fraction of sp³-hybridized carbons (Fsp3) is 0.600. The third kappa shape index (κ3) is 3.88. The van der Waals surface area contributed by atoms with Crippen molar-refractivity contribution >= 4 is 21.2 Å². The highest BCUT2D eigenvalue weighted by Crippen LogP contribution is 2.29. The van der Waals surface area contributed by atoms with Gasteiger partial charge in [-0.2, -0.15) is 0 Å². The lowest BCUT2D eigenvalue weighted by Gasteiger charge is -2.27. The Balaban J connectivity index is 2.00. The van der Waals surface area contributed by atoms with Crippen molar-refractivity contribution in [3.05, 3.63) is 18.2 Å². The predicted molar refractivity (Wildman–Crippen MR) is 83.6 cm³/mol. The summed E-state index contributed by atoms with van der Waals surface area (Å²) >= 11 is 0. The smallest absolute Gasteiger partial charge is 0.175 e. The van der Waals surface area contributed by atoms with E-state index in [4.69, 9.17) is 5.73 Å². The highest BCUT2D eigenvalue weighted by Gasteiger charge is 2.19. The maximum absolute atomic E-state index is 11.5. The fourth-order valence-corrected chi connectivity index (χ4v) is 3.59. The number of nitrogens with one attached hydrogen (secondary N) is 1. The lowest BCUT2D eigenvalue weighted by molar-refractivity contribution is 0.293. The van der Waals surface area contributed by atoms with Gasteiger partial charge in [-0.15, -0.1) is 0 Å². The van der Waals surface area contributed by atoms with E-state index in [0.29, 0.717) is 11.6 Å². The molecule has 0 radical (unpaired) electrons. The molecule has 112 valence electrons. The molecule has 1 aromatic carbocycles. The molecule has 0 aromatic heterocycles. The summed E-state index contributed by atoms with van der Waals surface area (Å²) in [7, 11) is -3.19. The number of hydrogen-bond acceptors (Lipinski definition) is 4. The van der Waals surface area contributed by atoms with E-state index in [1.807, 2.05) is 0 Å². The van der Waals surface area contributed by atoms with Crippen LogP contribution in [0, 0.1) is 11.8 Å². The first-order valence-electron chi connectivity index (χ1n) is 7.19. The molecule has 1 aliphatic carbocycles. The Hall–Kier alpha value is -1.23. The topological polar surface area (TPSA) is 72.2 Å². The van der Waals surface area contributed by atoms with E-state index in [-0.39, 0.29) is 4.90 Å². The summed E-state index contributed by atoms with van der Waals surface area (Å²) in [6.45, 7) is 3.22. The van der Waals surface area contributed by atoms with Gasteiger partial charge in [0, 0.05) is 12.8 Å². The van der Waals surface area contributed by atoms with Crippen molar-refractivity contribution in [3.63, 3.8) is 0 Å². The highest BCUT2D eigenvalue weighted by molar-refractivity contribution is 7.90. The molecule has 0 spiro atoms. The molecular weight excluding hydrogens is 272 g/mol. The lowest BCUT2D eigenvalue weighted by Crippen LogP contribution is -2.21. The van der Waals surface area contributed by atoms with Crippen LogP contribution in [0.15, 0.2) is 23.1 Å². The molecule has 4 nitrogen and oxygen atoms in total. The molecule has 5 heteroatoms. The van der Waals surface area contributed by atoms with Crippen LogP contribution in [0.4, 0.5) is 11.4 Å². The Morgan fingerprint density at radius 2 is 2.10 bits per heavy atom. The lowest BCUT2D eigenvalue weighted by atomic mass is 9.82. The quantitative estimate of drug-likeness (QED) is 0.838. The molecule has 0 bridgehead atoms. The average Bonchev–Trinajstić information content (AvgIpc) is 2.36. The van der Waals surface area contributed by atoms with Crippen LogP contribution in [-0.4, -0.2) is 21.2 Å². The maximum Gasteiger partial charge on any atom is 0.175 e. The van der Waals surface area contributed by atoms with Crippen molar-refractivity contribution < 1.29 is 8.42 Å². The van der Waals surface area contributed by atoms with Crippen molar-refractivity contribution in [2.45, 2.75) is 37.5 Å². The number of rotatable bonds is 4. The summed E-state index contributed by atoms with van der Waals surface area (Å²) < 4.78 is 22.9. The molecule has 2 unspecified atom stereocenters. The molecule has 0 heterocycles. The van der Waals surface area contributed by atoms with Gasteiger partial charge in [-0.25, -0.2) is 8.42 Å². The van der Waals surface area contributed by atoms with Crippen LogP contribution in [0.25, 0.3) is 0 Å². The zero-order valence-corrected chi connectivity index (χ0v) is 13.0. The molecule has 2 atom stereocenters. The predicted octanol–water partition coefficient (Wildman–Crippen LogP) is 2.91. The Labute approximate surface area is 121 Å². The van der Waals surface area contributed by atoms with E-state index < -0.39 is 9.84 Å². The molecule has 1 fully saturated rings. The van der Waals surface area contributed by atoms with Gasteiger partial charge in [-0.1, -0.05) is 19.8 Å². The van der Waals surface area contributed by atoms with Crippen LogP contribution >= 0.6 is 0 Å². The molecule has 3 N–H and O–H groups in total. The van der Waals surface area contributed by atoms with Crippen LogP contribution in [0.2, 0.25) is 0 Å². The van der Waals surface area contributed by atoms with Crippen LogP contribution in [0.5, 0.6) is 0 Å². The molecule has 20 heavy (non-hydrogen) atoms. The third-order valence-electron chi connectivity index (χ3n) is 4.08. The minimum atomic E-state index is -3.19. The third-order valence-corrected chi connectivity index (χ3v) is 5.19. The molecule has 0 amide bonds. The summed E-state index contributed by atoms with van der Waals surface area (Å²) in [6.07, 6.45) is 6.35. The van der Waals surface area contributed by atoms with Gasteiger partial charge in [-0.3, -0.25) is 0 Å². The van der Waals surface area contributed by atoms with E-state index in [2.05, 4.69) is 12.2 Å². The Bertz CT molecular complexity index is 569. The molecular formula is C15H24N2O2S. The summed E-state index contributed by atoms with van der Waals surface area (Å²) in [4.78, 5) is 0.270. The fourth-order valence-electron chi connectivity index (χ4n) is 2.93. The standard InChI is InChI=1S/C15H24N2O2S/c1-11-4-3-5-12(8-11)10-17-15-7-6-13(9-14(15)16)20(2,18)19/h6-7,9,11-12,17H,3-5,8,10,16H2,1-2H3. The number of benzene rings is 1. The first-order valence-corrected chi connectivity index (χ1v) is 9.09. The second-order valence-corrected chi connectivity index (χ2v) is 8.06. The second-order valence-electron chi connectivity index (χ2n) is 6.04. The van der Waals surface area contributed by atoms with Crippen molar-refractivity contribution in [2.24, 2.45) is 11.8 Å². The Morgan fingerprint density at radius 1 is 1.35 bits per heavy atom. The number of sulfone groups is 1. The number of nitrogens with two attached hydrogens (primary N) is 1. The number of hydrogen-bond donors (Lipinski definition) is 2. The summed E-state index contributed by atoms with van der Waals surface area (Å²) in [5, 5.41) is 3.36. The normalized spacial score (nSPS) is 23.5. The molecule has 0 aliphatic heterocycles. The van der Waals surface area contributed by atoms with Gasteiger partial charge in [0.1, 0.15) is 0 Å². The van der Waals surface area contributed by atoms with Gasteiger partial charge >= 0.3 is 0 Å². The van der Waals surface area contributed by atoms with Gasteiger partial charge in [0.05, 0.1) is 16.3 Å². The van der Waals surface area contributed by atoms with Crippen LogP contribution < -0.4 is 11.1 Å². The van der Waals surface area contributed by atoms with Crippen molar-refractivity contribution in [1.82, 2.24) is 0 Å². The molecule has 1 aromatic rings. The van der Waals surface area contributed by atoms with Crippen LogP contribution in [-0.2, 0) is 9.84 Å². The van der Waals surface area contributed by atoms with Gasteiger partial charge in [0.15, 0.2) is 9.84 Å². The number of anilines is 2. The Kier molecular flexibility index (Phi) is 4.58. The summed E-state index contributed by atoms with van der Waals surface area (Å²) in [5.41, 5.74) is 7.26. The summed E-state index contributed by atoms with van der Waals surface area (Å²) in [6, 6.07) is 4.90. The maximum atomic E-state index is 11.5. The largest absolute Gasteiger partial charge is 0.397 e.